The van der Waals surface area contributed by atoms with E-state index in [4.69, 9.17) is 17.3 Å². The van der Waals surface area contributed by atoms with Crippen molar-refractivity contribution in [1.82, 2.24) is 10.2 Å². The summed E-state index contributed by atoms with van der Waals surface area (Å²) in [5.74, 6) is 0. The van der Waals surface area contributed by atoms with Gasteiger partial charge in [-0.15, -0.1) is 12.4 Å². The summed E-state index contributed by atoms with van der Waals surface area (Å²) in [7, 11) is 0. The molecule has 0 spiro atoms. The number of benzene rings is 1. The molecule has 1 aromatic heterocycles. The van der Waals surface area contributed by atoms with Gasteiger partial charge < -0.3 is 5.73 Å². The molecule has 0 bridgehead atoms. The van der Waals surface area contributed by atoms with Crippen LogP contribution in [0.2, 0.25) is 5.02 Å². The Kier molecular flexibility index (Phi) is 5.66. The van der Waals surface area contributed by atoms with E-state index in [-0.39, 0.29) is 18.4 Å². The first kappa shape index (κ1) is 15.0. The third kappa shape index (κ3) is 3.48. The zero-order valence-corrected chi connectivity index (χ0v) is 11.8. The number of nitrogens with one attached hydrogen (secondary N) is 1. The minimum atomic E-state index is 0. The van der Waals surface area contributed by atoms with Gasteiger partial charge in [0.2, 0.25) is 0 Å². The van der Waals surface area contributed by atoms with E-state index >= 15 is 0 Å². The maximum Gasteiger partial charge on any atom is 0.0682 e. The van der Waals surface area contributed by atoms with Crippen LogP contribution in [0.25, 0.3) is 11.3 Å². The second kappa shape index (κ2) is 6.78. The molecule has 1 heterocycles. The van der Waals surface area contributed by atoms with E-state index in [9.17, 15) is 0 Å². The highest BCUT2D eigenvalue weighted by atomic mass is 35.5. The molecule has 3 N–H and O–H groups in total. The molecule has 2 aromatic rings. The van der Waals surface area contributed by atoms with Crippen molar-refractivity contribution in [2.75, 3.05) is 0 Å². The lowest BCUT2D eigenvalue weighted by Crippen LogP contribution is -2.21. The van der Waals surface area contributed by atoms with Gasteiger partial charge in [-0.3, -0.25) is 5.10 Å². The van der Waals surface area contributed by atoms with Gasteiger partial charge in [-0.25, -0.2) is 0 Å². The zero-order valence-electron chi connectivity index (χ0n) is 10.2. The van der Waals surface area contributed by atoms with Crippen LogP contribution in [0.1, 0.15) is 18.9 Å². The second-order valence-corrected chi connectivity index (χ2v) is 4.59. The van der Waals surface area contributed by atoms with Gasteiger partial charge in [-0.2, -0.15) is 5.10 Å². The Balaban J connectivity index is 0.00000162. The van der Waals surface area contributed by atoms with E-state index in [0.717, 1.165) is 34.7 Å². The molecule has 1 aromatic carbocycles. The summed E-state index contributed by atoms with van der Waals surface area (Å²) in [5, 5.41) is 7.85. The molecular formula is C13H17Cl2N3. The molecular weight excluding hydrogens is 269 g/mol. The Morgan fingerprint density at radius 2 is 2.00 bits per heavy atom. The van der Waals surface area contributed by atoms with Gasteiger partial charge in [0, 0.05) is 11.1 Å². The maximum absolute atomic E-state index is 5.97. The van der Waals surface area contributed by atoms with Crippen molar-refractivity contribution in [3.8, 4) is 11.3 Å². The van der Waals surface area contributed by atoms with Gasteiger partial charge in [-0.1, -0.05) is 30.7 Å². The first-order valence-electron chi connectivity index (χ1n) is 5.74. The summed E-state index contributed by atoms with van der Waals surface area (Å²) >= 11 is 5.87. The van der Waals surface area contributed by atoms with Crippen LogP contribution < -0.4 is 5.73 Å². The van der Waals surface area contributed by atoms with Gasteiger partial charge in [-0.05, 0) is 36.1 Å². The number of rotatable bonds is 4. The van der Waals surface area contributed by atoms with Crippen LogP contribution in [0, 0.1) is 0 Å². The lowest BCUT2D eigenvalue weighted by atomic mass is 10.0. The molecule has 2 rings (SSSR count). The molecule has 1 unspecified atom stereocenters. The third-order valence-electron chi connectivity index (χ3n) is 2.86. The molecule has 0 aliphatic rings. The minimum absolute atomic E-state index is 0. The lowest BCUT2D eigenvalue weighted by molar-refractivity contribution is 0.647. The van der Waals surface area contributed by atoms with Gasteiger partial charge in [0.1, 0.15) is 0 Å². The first-order valence-corrected chi connectivity index (χ1v) is 6.12. The normalized spacial score (nSPS) is 11.9. The predicted octanol–water partition coefficient (Wildman–Crippen LogP) is 3.43. The van der Waals surface area contributed by atoms with E-state index in [0.29, 0.717) is 0 Å². The number of aromatic amines is 1. The number of hydrogen-bond donors (Lipinski definition) is 2. The molecule has 0 radical (unpaired) electrons. The summed E-state index contributed by atoms with van der Waals surface area (Å²) in [6, 6.07) is 7.90. The molecule has 0 saturated carbocycles. The summed E-state index contributed by atoms with van der Waals surface area (Å²) in [5.41, 5.74) is 9.25. The van der Waals surface area contributed by atoms with Crippen LogP contribution in [-0.2, 0) is 6.42 Å². The zero-order chi connectivity index (χ0) is 12.3. The molecule has 1 atom stereocenters. The average Bonchev–Trinajstić information content (AvgIpc) is 2.78. The third-order valence-corrected chi connectivity index (χ3v) is 3.11. The predicted molar refractivity (Wildman–Crippen MR) is 78.3 cm³/mol. The topological polar surface area (TPSA) is 54.7 Å². The highest BCUT2D eigenvalue weighted by Crippen LogP contribution is 2.23. The fraction of sp³-hybridized carbons (Fsp3) is 0.308. The van der Waals surface area contributed by atoms with Crippen LogP contribution in [0.4, 0.5) is 0 Å². The Bertz CT molecular complexity index is 479. The summed E-state index contributed by atoms with van der Waals surface area (Å²) in [6.45, 7) is 2.09. The van der Waals surface area contributed by atoms with Crippen LogP contribution in [0.5, 0.6) is 0 Å². The summed E-state index contributed by atoms with van der Waals surface area (Å²) in [6.07, 6.45) is 3.65. The average molecular weight is 286 g/mol. The molecule has 3 nitrogen and oxygen atoms in total. The van der Waals surface area contributed by atoms with Crippen LogP contribution in [-0.4, -0.2) is 16.2 Å². The summed E-state index contributed by atoms with van der Waals surface area (Å²) in [4.78, 5) is 0. The summed E-state index contributed by atoms with van der Waals surface area (Å²) < 4.78 is 0. The number of nitrogens with two attached hydrogens (primary N) is 1. The quantitative estimate of drug-likeness (QED) is 0.904. The molecule has 5 heteroatoms. The second-order valence-electron chi connectivity index (χ2n) is 4.15. The number of halogens is 2. The Hall–Kier alpha value is -1.03. The Morgan fingerprint density at radius 1 is 1.33 bits per heavy atom. The minimum Gasteiger partial charge on any atom is -0.327 e. The van der Waals surface area contributed by atoms with Crippen molar-refractivity contribution in [1.29, 1.82) is 0 Å². The maximum atomic E-state index is 5.97. The van der Waals surface area contributed by atoms with Gasteiger partial charge in [0.25, 0.3) is 0 Å². The van der Waals surface area contributed by atoms with Crippen molar-refractivity contribution in [3.63, 3.8) is 0 Å². The van der Waals surface area contributed by atoms with Gasteiger partial charge >= 0.3 is 0 Å². The molecule has 0 aliphatic carbocycles. The smallest absolute Gasteiger partial charge is 0.0682 e. The first-order chi connectivity index (χ1) is 8.20. The number of nitrogens with zero attached hydrogens (tertiary/aromatic N) is 1. The molecule has 98 valence electrons. The van der Waals surface area contributed by atoms with Crippen LogP contribution >= 0.6 is 24.0 Å². The van der Waals surface area contributed by atoms with Crippen molar-refractivity contribution in [3.05, 3.63) is 41.0 Å². The van der Waals surface area contributed by atoms with Crippen molar-refractivity contribution < 1.29 is 0 Å². The van der Waals surface area contributed by atoms with E-state index in [2.05, 4.69) is 17.1 Å². The van der Waals surface area contributed by atoms with E-state index in [1.807, 2.05) is 30.5 Å². The number of H-pyrrole nitrogens is 1. The van der Waals surface area contributed by atoms with E-state index in [1.165, 1.54) is 0 Å². The highest BCUT2D eigenvalue weighted by Gasteiger charge is 2.10. The Labute approximate surface area is 118 Å². The molecule has 0 fully saturated rings. The van der Waals surface area contributed by atoms with Crippen molar-refractivity contribution in [2.45, 2.75) is 25.8 Å². The lowest BCUT2D eigenvalue weighted by Gasteiger charge is -2.08. The van der Waals surface area contributed by atoms with E-state index in [1.54, 1.807) is 0 Å². The molecule has 18 heavy (non-hydrogen) atoms. The molecule has 0 aliphatic heterocycles. The van der Waals surface area contributed by atoms with Crippen molar-refractivity contribution in [2.24, 2.45) is 5.73 Å². The SMILES string of the molecule is CCC(N)Cc1cn[nH]c1-c1ccc(Cl)cc1.Cl. The van der Waals surface area contributed by atoms with Crippen LogP contribution in [0.3, 0.4) is 0 Å². The molecule has 0 saturated heterocycles. The number of hydrogen-bond acceptors (Lipinski definition) is 2. The van der Waals surface area contributed by atoms with Gasteiger partial charge in [0.15, 0.2) is 0 Å². The van der Waals surface area contributed by atoms with Crippen molar-refractivity contribution >= 4 is 24.0 Å². The van der Waals surface area contributed by atoms with Gasteiger partial charge in [0.05, 0.1) is 11.9 Å². The fourth-order valence-corrected chi connectivity index (χ4v) is 1.89. The standard InChI is InChI=1S/C13H16ClN3.ClH/c1-2-12(15)7-10-8-16-17-13(10)9-3-5-11(14)6-4-9;/h3-6,8,12H,2,7,15H2,1H3,(H,16,17);1H. The van der Waals surface area contributed by atoms with Crippen LogP contribution in [0.15, 0.2) is 30.5 Å². The monoisotopic (exact) mass is 285 g/mol. The Morgan fingerprint density at radius 3 is 2.61 bits per heavy atom. The fourth-order valence-electron chi connectivity index (χ4n) is 1.76. The highest BCUT2D eigenvalue weighted by molar-refractivity contribution is 6.30. The largest absolute Gasteiger partial charge is 0.327 e. The molecule has 0 amide bonds. The van der Waals surface area contributed by atoms with E-state index < -0.39 is 0 Å². The number of aromatic nitrogens is 2.